The Morgan fingerprint density at radius 1 is 1.39 bits per heavy atom. The van der Waals surface area contributed by atoms with Gasteiger partial charge in [0.15, 0.2) is 0 Å². The zero-order chi connectivity index (χ0) is 15.6. The molecule has 0 radical (unpaired) electrons. The third-order valence-corrected chi connectivity index (χ3v) is 5.13. The van der Waals surface area contributed by atoms with Crippen LogP contribution in [0.3, 0.4) is 0 Å². The number of aromatic nitrogens is 2. The van der Waals surface area contributed by atoms with Gasteiger partial charge in [-0.1, -0.05) is 6.08 Å². The largest absolute Gasteiger partial charge is 0.381 e. The predicted molar refractivity (Wildman–Crippen MR) is 86.8 cm³/mol. The van der Waals surface area contributed by atoms with Crippen LogP contribution in [0.2, 0.25) is 0 Å². The van der Waals surface area contributed by atoms with Gasteiger partial charge in [0.2, 0.25) is 5.91 Å². The highest BCUT2D eigenvalue weighted by Gasteiger charge is 2.30. The summed E-state index contributed by atoms with van der Waals surface area (Å²) >= 11 is 0. The molecule has 2 heterocycles. The zero-order valence-electron chi connectivity index (χ0n) is 13.6. The summed E-state index contributed by atoms with van der Waals surface area (Å²) in [5, 5.41) is 4.46. The van der Waals surface area contributed by atoms with Crippen molar-refractivity contribution in [3.63, 3.8) is 0 Å². The lowest BCUT2D eigenvalue weighted by Gasteiger charge is -2.34. The molecule has 1 fully saturated rings. The number of nitrogens with zero attached hydrogens (tertiary/aromatic N) is 3. The van der Waals surface area contributed by atoms with Crippen LogP contribution < -0.4 is 0 Å². The second-order valence-corrected chi connectivity index (χ2v) is 7.04. The minimum Gasteiger partial charge on any atom is -0.381 e. The van der Waals surface area contributed by atoms with Gasteiger partial charge in [0, 0.05) is 31.5 Å². The average Bonchev–Trinajstić information content (AvgIpc) is 3.04. The van der Waals surface area contributed by atoms with E-state index in [9.17, 15) is 4.79 Å². The molecule has 0 spiro atoms. The minimum absolute atomic E-state index is 0.221. The van der Waals surface area contributed by atoms with E-state index in [4.69, 9.17) is 4.74 Å². The molecule has 1 amide bonds. The molecule has 2 aliphatic carbocycles. The fraction of sp³-hybridized carbons (Fsp3) is 0.667. The van der Waals surface area contributed by atoms with Crippen LogP contribution in [0.1, 0.15) is 50.3 Å². The van der Waals surface area contributed by atoms with Gasteiger partial charge in [-0.15, -0.1) is 0 Å². The molecule has 4 rings (SSSR count). The number of fused-ring (bicyclic) bond motifs is 1. The molecular formula is C18H25N3O2. The summed E-state index contributed by atoms with van der Waals surface area (Å²) < 4.78 is 7.88. The first-order valence-electron chi connectivity index (χ1n) is 8.89. The van der Waals surface area contributed by atoms with Crippen LogP contribution in [0.15, 0.2) is 23.9 Å². The number of rotatable bonds is 6. The molecule has 3 aliphatic rings. The molecule has 1 atom stereocenters. The van der Waals surface area contributed by atoms with Crippen molar-refractivity contribution in [1.29, 1.82) is 0 Å². The second-order valence-electron chi connectivity index (χ2n) is 7.04. The predicted octanol–water partition coefficient (Wildman–Crippen LogP) is 2.69. The Balaban J connectivity index is 1.39. The second kappa shape index (κ2) is 6.48. The molecule has 0 aromatic carbocycles. The maximum atomic E-state index is 12.7. The van der Waals surface area contributed by atoms with Gasteiger partial charge in [0.1, 0.15) is 0 Å². The molecule has 1 aliphatic heterocycles. The smallest absolute Gasteiger partial charge is 0.249 e. The van der Waals surface area contributed by atoms with Crippen LogP contribution in [0, 0.1) is 5.92 Å². The Labute approximate surface area is 137 Å². The van der Waals surface area contributed by atoms with E-state index in [-0.39, 0.29) is 11.9 Å². The van der Waals surface area contributed by atoms with Gasteiger partial charge in [0.05, 0.1) is 18.3 Å². The van der Waals surface area contributed by atoms with E-state index in [0.717, 1.165) is 62.6 Å². The maximum absolute atomic E-state index is 12.7. The van der Waals surface area contributed by atoms with E-state index in [1.807, 2.05) is 17.2 Å². The number of amides is 1. The molecule has 0 saturated heterocycles. The highest BCUT2D eigenvalue weighted by atomic mass is 16.5. The first kappa shape index (κ1) is 14.9. The molecule has 0 bridgehead atoms. The molecule has 5 heteroatoms. The third kappa shape index (κ3) is 3.34. The average molecular weight is 315 g/mol. The van der Waals surface area contributed by atoms with Crippen LogP contribution in [0.5, 0.6) is 0 Å². The van der Waals surface area contributed by atoms with Crippen molar-refractivity contribution >= 4 is 5.91 Å². The van der Waals surface area contributed by atoms with E-state index in [0.29, 0.717) is 6.54 Å². The Morgan fingerprint density at radius 2 is 2.30 bits per heavy atom. The van der Waals surface area contributed by atoms with Gasteiger partial charge < -0.3 is 9.64 Å². The number of allylic oxidation sites excluding steroid dienone is 1. The molecule has 23 heavy (non-hydrogen) atoms. The summed E-state index contributed by atoms with van der Waals surface area (Å²) in [6.45, 7) is 3.08. The van der Waals surface area contributed by atoms with E-state index in [1.165, 1.54) is 12.8 Å². The number of carbonyl (C=O) groups is 1. The summed E-state index contributed by atoms with van der Waals surface area (Å²) in [6, 6.07) is 2.26. The Kier molecular flexibility index (Phi) is 4.21. The molecular weight excluding hydrogens is 290 g/mol. The number of carbonyl (C=O) groups excluding carboxylic acids is 1. The fourth-order valence-corrected chi connectivity index (χ4v) is 3.58. The summed E-state index contributed by atoms with van der Waals surface area (Å²) in [4.78, 5) is 14.7. The molecule has 124 valence electrons. The topological polar surface area (TPSA) is 47.4 Å². The molecule has 5 nitrogen and oxygen atoms in total. The highest BCUT2D eigenvalue weighted by molar-refractivity contribution is 5.93. The van der Waals surface area contributed by atoms with Gasteiger partial charge >= 0.3 is 0 Å². The summed E-state index contributed by atoms with van der Waals surface area (Å²) in [7, 11) is 0. The Morgan fingerprint density at radius 3 is 3.09 bits per heavy atom. The lowest BCUT2D eigenvalue weighted by Crippen LogP contribution is -2.42. The van der Waals surface area contributed by atoms with Crippen molar-refractivity contribution in [3.05, 3.63) is 29.6 Å². The van der Waals surface area contributed by atoms with Crippen LogP contribution in [-0.4, -0.2) is 40.3 Å². The Bertz CT molecular complexity index is 603. The summed E-state index contributed by atoms with van der Waals surface area (Å²) in [5.41, 5.74) is 2.14. The molecule has 1 unspecified atom stereocenters. The first-order chi connectivity index (χ1) is 11.3. The van der Waals surface area contributed by atoms with E-state index >= 15 is 0 Å². The van der Waals surface area contributed by atoms with Crippen LogP contribution >= 0.6 is 0 Å². The van der Waals surface area contributed by atoms with Gasteiger partial charge in [-0.25, -0.2) is 0 Å². The number of ether oxygens (including phenoxy) is 1. The normalized spacial score (nSPS) is 23.7. The van der Waals surface area contributed by atoms with E-state index in [2.05, 4.69) is 15.9 Å². The van der Waals surface area contributed by atoms with Crippen LogP contribution in [-0.2, 0) is 16.1 Å². The van der Waals surface area contributed by atoms with Gasteiger partial charge in [-0.2, -0.15) is 5.10 Å². The van der Waals surface area contributed by atoms with Crippen LogP contribution in [0.25, 0.3) is 0 Å². The molecule has 0 N–H and O–H groups in total. The molecule has 1 saturated carbocycles. The minimum atomic E-state index is 0.221. The van der Waals surface area contributed by atoms with Gasteiger partial charge in [-0.05, 0) is 50.5 Å². The zero-order valence-corrected chi connectivity index (χ0v) is 13.6. The highest BCUT2D eigenvalue weighted by Crippen LogP contribution is 2.30. The quantitative estimate of drug-likeness (QED) is 0.758. The SMILES string of the molecule is O=C(C1=CCCC1)N1Cc2ccnn2C(CCOCC2CC2)C1. The van der Waals surface area contributed by atoms with Gasteiger partial charge in [0.25, 0.3) is 0 Å². The summed E-state index contributed by atoms with van der Waals surface area (Å²) in [6.07, 6.45) is 10.6. The van der Waals surface area contributed by atoms with Crippen molar-refractivity contribution in [2.45, 2.75) is 51.1 Å². The molecule has 1 aromatic heterocycles. The number of hydrogen-bond donors (Lipinski definition) is 0. The van der Waals surface area contributed by atoms with Crippen molar-refractivity contribution in [2.24, 2.45) is 5.92 Å². The standard InChI is InChI=1S/C18H25N3O2/c22-18(15-3-1-2-4-15)20-11-16-7-9-19-21(16)17(12-20)8-10-23-13-14-5-6-14/h3,7,9,14,17H,1-2,4-6,8,10-13H2. The van der Waals surface area contributed by atoms with Crippen molar-refractivity contribution < 1.29 is 9.53 Å². The van der Waals surface area contributed by atoms with Crippen molar-refractivity contribution in [1.82, 2.24) is 14.7 Å². The first-order valence-corrected chi connectivity index (χ1v) is 8.89. The monoisotopic (exact) mass is 315 g/mol. The fourth-order valence-electron chi connectivity index (χ4n) is 3.58. The lowest BCUT2D eigenvalue weighted by molar-refractivity contribution is -0.129. The van der Waals surface area contributed by atoms with Crippen LogP contribution in [0.4, 0.5) is 0 Å². The van der Waals surface area contributed by atoms with Crippen molar-refractivity contribution in [2.75, 3.05) is 19.8 Å². The number of hydrogen-bond acceptors (Lipinski definition) is 3. The van der Waals surface area contributed by atoms with E-state index < -0.39 is 0 Å². The Hall–Kier alpha value is -1.62. The maximum Gasteiger partial charge on any atom is 0.249 e. The summed E-state index contributed by atoms with van der Waals surface area (Å²) in [5.74, 6) is 1.02. The third-order valence-electron chi connectivity index (χ3n) is 5.13. The van der Waals surface area contributed by atoms with E-state index in [1.54, 1.807) is 0 Å². The molecule has 1 aromatic rings. The van der Waals surface area contributed by atoms with Gasteiger partial charge in [-0.3, -0.25) is 9.48 Å². The lowest BCUT2D eigenvalue weighted by atomic mass is 10.1. The van der Waals surface area contributed by atoms with Crippen molar-refractivity contribution in [3.8, 4) is 0 Å².